The molecule has 0 radical (unpaired) electrons. The molecule has 4 aliphatic rings. The van der Waals surface area contributed by atoms with Gasteiger partial charge in [0, 0.05) is 51.4 Å². The average molecular weight is 921 g/mol. The Morgan fingerprint density at radius 2 is 0.682 bits per heavy atom. The second-order valence-electron chi connectivity index (χ2n) is 13.7. The molecule has 0 aliphatic carbocycles. The Bertz CT molecular complexity index is 2410. The van der Waals surface area contributed by atoms with Crippen molar-refractivity contribution < 1.29 is 78.5 Å². The number of ether oxygens (including phenoxy) is 2. The lowest BCUT2D eigenvalue weighted by Crippen LogP contribution is -2.41. The fraction of sp³-hybridized carbons (Fsp3) is 0.368. The van der Waals surface area contributed by atoms with Gasteiger partial charge in [-0.2, -0.15) is 9.97 Å². The number of aromatic hydroxyl groups is 4. The molecule has 8 rings (SSSR count). The smallest absolute Gasteiger partial charge is 0.261 e. The molecule has 8 heterocycles. The van der Waals surface area contributed by atoms with Crippen LogP contribution in [-0.2, 0) is 51.6 Å². The van der Waals surface area contributed by atoms with E-state index in [1.807, 2.05) is 0 Å². The van der Waals surface area contributed by atoms with Crippen molar-refractivity contribution in [3.63, 3.8) is 0 Å². The number of piperidine rings is 2. The minimum Gasteiger partial charge on any atom is -0.505 e. The average Bonchev–Trinajstić information content (AvgIpc) is 3.83. The third kappa shape index (κ3) is 11.2. The first-order valence-electron chi connectivity index (χ1n) is 19.5. The molecule has 0 atom stereocenters. The molecule has 4 aliphatic heterocycles. The maximum Gasteiger partial charge on any atom is 0.261 e. The standard InChI is InChI=1S/C11H13N3O5.C10H11N3O5.C9H9N3O3.C8H7N3O3/c1-19-10-9(18)6(5-15)12-11(13-10)14-7(16)3-2-4-8(14)17;1-18-9-8(17)5(4-14)11-10(12-9)13-6(15)2-3-7(13)16;13-6-4-10-9(11-5-6)12-7(14)2-1-3-8(12)15;12-5-3-9-8(10-4-5)11-6(13)1-2-7(11)14/h15,18H,2-5H2,1H3;14,17H,2-4H2,1H3;4-5,13H,1-3H2;3-4,12H,1-2H2. The molecule has 0 spiro atoms. The lowest BCUT2D eigenvalue weighted by molar-refractivity contribution is -0.130. The van der Waals surface area contributed by atoms with Crippen LogP contribution in [0.4, 0.5) is 23.8 Å². The van der Waals surface area contributed by atoms with Crippen molar-refractivity contribution in [1.82, 2.24) is 39.9 Å². The number of hydrogen-bond acceptors (Lipinski definition) is 24. The molecule has 66 heavy (non-hydrogen) atoms. The zero-order valence-corrected chi connectivity index (χ0v) is 34.9. The number of nitrogens with zero attached hydrogens (tertiary/aromatic N) is 12. The fourth-order valence-electron chi connectivity index (χ4n) is 6.05. The Kier molecular flexibility index (Phi) is 16.1. The zero-order chi connectivity index (χ0) is 48.2. The van der Waals surface area contributed by atoms with E-state index in [9.17, 15) is 48.6 Å². The van der Waals surface area contributed by atoms with Crippen LogP contribution >= 0.6 is 0 Å². The predicted octanol–water partition coefficient (Wildman–Crippen LogP) is -0.876. The van der Waals surface area contributed by atoms with E-state index in [0.29, 0.717) is 25.7 Å². The molecule has 4 fully saturated rings. The number of hydrogen-bond donors (Lipinski definition) is 6. The number of methoxy groups -OCH3 is 2. The first-order valence-corrected chi connectivity index (χ1v) is 19.5. The normalized spacial score (nSPS) is 16.1. The van der Waals surface area contributed by atoms with E-state index in [2.05, 4.69) is 39.9 Å². The number of carbonyl (C=O) groups is 8. The van der Waals surface area contributed by atoms with Crippen molar-refractivity contribution in [2.75, 3.05) is 33.8 Å². The Balaban J connectivity index is 0.000000166. The van der Waals surface area contributed by atoms with Crippen LogP contribution in [-0.4, -0.2) is 132 Å². The zero-order valence-electron chi connectivity index (χ0n) is 34.9. The van der Waals surface area contributed by atoms with Gasteiger partial charge in [-0.05, 0) is 12.8 Å². The highest BCUT2D eigenvalue weighted by Crippen LogP contribution is 2.32. The van der Waals surface area contributed by atoms with E-state index in [4.69, 9.17) is 29.9 Å². The molecule has 0 aromatic carbocycles. The van der Waals surface area contributed by atoms with Crippen LogP contribution < -0.4 is 29.1 Å². The van der Waals surface area contributed by atoms with Crippen LogP contribution in [0, 0.1) is 0 Å². The largest absolute Gasteiger partial charge is 0.505 e. The molecule has 4 aromatic rings. The van der Waals surface area contributed by atoms with Crippen LogP contribution in [0.3, 0.4) is 0 Å². The third-order valence-electron chi connectivity index (χ3n) is 9.22. The number of aromatic nitrogens is 8. The van der Waals surface area contributed by atoms with Crippen molar-refractivity contribution in [2.24, 2.45) is 0 Å². The number of aliphatic hydroxyl groups excluding tert-OH is 2. The number of rotatable bonds is 8. The summed E-state index contributed by atoms with van der Waals surface area (Å²) in [4.78, 5) is 125. The maximum absolute atomic E-state index is 11.7. The minimum absolute atomic E-state index is 0.0234. The minimum atomic E-state index is -0.562. The van der Waals surface area contributed by atoms with Crippen LogP contribution in [0.1, 0.15) is 75.6 Å². The second kappa shape index (κ2) is 21.8. The van der Waals surface area contributed by atoms with Crippen LogP contribution in [0.5, 0.6) is 34.8 Å². The van der Waals surface area contributed by atoms with E-state index >= 15 is 0 Å². The van der Waals surface area contributed by atoms with Crippen molar-refractivity contribution in [3.8, 4) is 34.8 Å². The van der Waals surface area contributed by atoms with Crippen LogP contribution in [0.15, 0.2) is 24.8 Å². The molecule has 28 heteroatoms. The Hall–Kier alpha value is -8.40. The van der Waals surface area contributed by atoms with Gasteiger partial charge in [0.25, 0.3) is 11.8 Å². The molecular formula is C38H40N12O16. The van der Waals surface area contributed by atoms with Crippen LogP contribution in [0.2, 0.25) is 0 Å². The molecule has 4 saturated heterocycles. The summed E-state index contributed by atoms with van der Waals surface area (Å²) in [7, 11) is 2.54. The summed E-state index contributed by atoms with van der Waals surface area (Å²) in [6, 6.07) is 0. The highest BCUT2D eigenvalue weighted by molar-refractivity contribution is 6.19. The van der Waals surface area contributed by atoms with E-state index < -0.39 is 48.3 Å². The molecule has 4 aromatic heterocycles. The SMILES string of the molecule is COc1nc(N2C(=O)CCC2=O)nc(CO)c1O.COc1nc(N2C(=O)CCCC2=O)nc(CO)c1O.O=C1CCC(=O)N1c1ncc(O)cn1.O=C1CCCC(=O)N1c1ncc(O)cn1. The summed E-state index contributed by atoms with van der Waals surface area (Å²) < 4.78 is 9.62. The summed E-state index contributed by atoms with van der Waals surface area (Å²) in [5.74, 6) is -4.61. The van der Waals surface area contributed by atoms with Gasteiger partial charge < -0.3 is 40.1 Å². The molecule has 8 amide bonds. The van der Waals surface area contributed by atoms with E-state index in [0.717, 1.165) is 44.4 Å². The lowest BCUT2D eigenvalue weighted by Gasteiger charge is -2.23. The molecule has 0 bridgehead atoms. The van der Waals surface area contributed by atoms with Gasteiger partial charge in [0.15, 0.2) is 11.5 Å². The van der Waals surface area contributed by atoms with Gasteiger partial charge in [-0.15, -0.1) is 0 Å². The van der Waals surface area contributed by atoms with Crippen molar-refractivity contribution in [3.05, 3.63) is 36.2 Å². The number of anilines is 4. The van der Waals surface area contributed by atoms with E-state index in [1.54, 1.807) is 0 Å². The molecule has 0 unspecified atom stereocenters. The summed E-state index contributed by atoms with van der Waals surface area (Å²) in [6.45, 7) is -1.12. The summed E-state index contributed by atoms with van der Waals surface area (Å²) in [6.07, 6.45) is 7.36. The Morgan fingerprint density at radius 3 is 0.939 bits per heavy atom. The molecule has 0 saturated carbocycles. The van der Waals surface area contributed by atoms with Crippen molar-refractivity contribution in [2.45, 2.75) is 77.4 Å². The van der Waals surface area contributed by atoms with Gasteiger partial charge in [-0.25, -0.2) is 49.5 Å². The number of imide groups is 4. The highest BCUT2D eigenvalue weighted by atomic mass is 16.5. The summed E-state index contributed by atoms with van der Waals surface area (Å²) in [5, 5.41) is 55.3. The van der Waals surface area contributed by atoms with Gasteiger partial charge >= 0.3 is 0 Å². The fourth-order valence-corrected chi connectivity index (χ4v) is 6.05. The van der Waals surface area contributed by atoms with Crippen LogP contribution in [0.25, 0.3) is 0 Å². The topological polar surface area (TPSA) is 392 Å². The lowest BCUT2D eigenvalue weighted by atomic mass is 10.1. The van der Waals surface area contributed by atoms with Gasteiger partial charge in [0.05, 0.1) is 52.2 Å². The Labute approximate surface area is 371 Å². The molecule has 28 nitrogen and oxygen atoms in total. The number of amides is 8. The molecule has 348 valence electrons. The van der Waals surface area contributed by atoms with Gasteiger partial charge in [0.1, 0.15) is 11.4 Å². The second-order valence-corrected chi connectivity index (χ2v) is 13.7. The van der Waals surface area contributed by atoms with Crippen molar-refractivity contribution >= 4 is 71.1 Å². The maximum atomic E-state index is 11.7. The third-order valence-corrected chi connectivity index (χ3v) is 9.22. The summed E-state index contributed by atoms with van der Waals surface area (Å²) >= 11 is 0. The van der Waals surface area contributed by atoms with Gasteiger partial charge in [-0.1, -0.05) is 0 Å². The van der Waals surface area contributed by atoms with Gasteiger partial charge in [0.2, 0.25) is 82.5 Å². The van der Waals surface area contributed by atoms with Crippen molar-refractivity contribution in [1.29, 1.82) is 0 Å². The van der Waals surface area contributed by atoms with Gasteiger partial charge in [-0.3, -0.25) is 38.4 Å². The first-order chi connectivity index (χ1) is 31.5. The van der Waals surface area contributed by atoms with E-state index in [-0.39, 0.29) is 121 Å². The van der Waals surface area contributed by atoms with E-state index in [1.165, 1.54) is 14.2 Å². The quantitative estimate of drug-likeness (QED) is 0.117. The molecular weight excluding hydrogens is 880 g/mol. The highest BCUT2D eigenvalue weighted by Gasteiger charge is 2.35. The molecule has 6 N–H and O–H groups in total. The summed E-state index contributed by atoms with van der Waals surface area (Å²) in [5.41, 5.74) is -0.211. The monoisotopic (exact) mass is 920 g/mol. The number of carbonyl (C=O) groups excluding carboxylic acids is 8. The first kappa shape index (κ1) is 48.6. The number of aliphatic hydroxyl groups is 2. The Morgan fingerprint density at radius 1 is 0.424 bits per heavy atom. The predicted molar refractivity (Wildman–Crippen MR) is 216 cm³/mol.